The summed E-state index contributed by atoms with van der Waals surface area (Å²) in [6.07, 6.45) is 10.6. The van der Waals surface area contributed by atoms with E-state index < -0.39 is 0 Å². The average Bonchev–Trinajstić information content (AvgIpc) is 3.37. The predicted octanol–water partition coefficient (Wildman–Crippen LogP) is 3.62. The third-order valence-corrected chi connectivity index (χ3v) is 6.25. The van der Waals surface area contributed by atoms with Crippen LogP contribution in [0.25, 0.3) is 22.6 Å². The first-order valence-corrected chi connectivity index (χ1v) is 10.1. The molecule has 0 bridgehead atoms. The Hall–Kier alpha value is -3.55. The fourth-order valence-corrected chi connectivity index (χ4v) is 4.11. The molecule has 8 nitrogen and oxygen atoms in total. The second-order valence-corrected chi connectivity index (χ2v) is 8.06. The van der Waals surface area contributed by atoms with E-state index in [-0.39, 0.29) is 11.4 Å². The molecule has 1 aliphatic rings. The summed E-state index contributed by atoms with van der Waals surface area (Å²) in [7, 11) is 1.87. The van der Waals surface area contributed by atoms with Gasteiger partial charge in [-0.05, 0) is 36.8 Å². The van der Waals surface area contributed by atoms with E-state index >= 15 is 0 Å². The minimum absolute atomic E-state index is 0.273. The SMILES string of the molecule is Cn1cc(-c2nc([C@](C)(c3ccc(-c4cnc(N)nc4)cc3)C3CCC3)no2)cn1. The number of nitrogen functional groups attached to an aromatic ring is 1. The normalized spacial score (nSPS) is 16.2. The molecule has 1 atom stereocenters. The van der Waals surface area contributed by atoms with Gasteiger partial charge in [0.15, 0.2) is 5.82 Å². The highest BCUT2D eigenvalue weighted by Gasteiger charge is 2.44. The van der Waals surface area contributed by atoms with Crippen molar-refractivity contribution < 1.29 is 4.52 Å². The Balaban J connectivity index is 1.51. The Labute approximate surface area is 174 Å². The Morgan fingerprint density at radius 1 is 1.03 bits per heavy atom. The molecule has 30 heavy (non-hydrogen) atoms. The van der Waals surface area contributed by atoms with Gasteiger partial charge in [0.2, 0.25) is 5.95 Å². The zero-order valence-electron chi connectivity index (χ0n) is 17.0. The van der Waals surface area contributed by atoms with Crippen LogP contribution in [-0.2, 0) is 12.5 Å². The van der Waals surface area contributed by atoms with Crippen LogP contribution in [0.2, 0.25) is 0 Å². The number of benzene rings is 1. The van der Waals surface area contributed by atoms with Crippen LogP contribution in [0.3, 0.4) is 0 Å². The number of aromatic nitrogens is 6. The van der Waals surface area contributed by atoms with Crippen LogP contribution in [0.5, 0.6) is 0 Å². The number of anilines is 1. The molecule has 3 aromatic heterocycles. The highest BCUT2D eigenvalue weighted by Crippen LogP contribution is 2.47. The first-order valence-electron chi connectivity index (χ1n) is 10.1. The Morgan fingerprint density at radius 2 is 1.77 bits per heavy atom. The number of hydrogen-bond donors (Lipinski definition) is 1. The lowest BCUT2D eigenvalue weighted by molar-refractivity contribution is 0.199. The molecule has 1 fully saturated rings. The summed E-state index contributed by atoms with van der Waals surface area (Å²) in [6, 6.07) is 8.46. The summed E-state index contributed by atoms with van der Waals surface area (Å²) >= 11 is 0. The molecular weight excluding hydrogens is 378 g/mol. The predicted molar refractivity (Wildman–Crippen MR) is 112 cm³/mol. The first-order chi connectivity index (χ1) is 14.5. The quantitative estimate of drug-likeness (QED) is 0.544. The zero-order valence-corrected chi connectivity index (χ0v) is 17.0. The zero-order chi connectivity index (χ0) is 20.7. The van der Waals surface area contributed by atoms with Gasteiger partial charge in [0, 0.05) is 31.2 Å². The number of rotatable bonds is 5. The van der Waals surface area contributed by atoms with Crippen molar-refractivity contribution in [1.82, 2.24) is 29.9 Å². The summed E-state index contributed by atoms with van der Waals surface area (Å²) in [5.74, 6) is 1.96. The maximum Gasteiger partial charge on any atom is 0.261 e. The van der Waals surface area contributed by atoms with Gasteiger partial charge in [-0.2, -0.15) is 10.1 Å². The van der Waals surface area contributed by atoms with Crippen LogP contribution in [0.15, 0.2) is 53.6 Å². The van der Waals surface area contributed by atoms with E-state index in [1.165, 1.54) is 12.0 Å². The summed E-state index contributed by atoms with van der Waals surface area (Å²) in [5.41, 5.74) is 9.25. The average molecular weight is 401 g/mol. The van der Waals surface area contributed by atoms with Gasteiger partial charge in [-0.15, -0.1) is 0 Å². The topological polar surface area (TPSA) is 109 Å². The molecule has 0 amide bonds. The van der Waals surface area contributed by atoms with Gasteiger partial charge in [-0.1, -0.05) is 35.8 Å². The monoisotopic (exact) mass is 401 g/mol. The molecule has 0 radical (unpaired) electrons. The van der Waals surface area contributed by atoms with Gasteiger partial charge in [0.05, 0.1) is 17.2 Å². The minimum Gasteiger partial charge on any atom is -0.368 e. The standard InChI is InChI=1S/C22H23N7O/c1-22(17-4-3-5-17,20-27-19(30-28-20)16-12-26-29(2)13-16)18-8-6-14(7-9-18)15-10-24-21(23)25-11-15/h6-13,17H,3-5H2,1-2H3,(H2,23,24,25)/t22-/m0/s1. The van der Waals surface area contributed by atoms with Crippen molar-refractivity contribution in [3.05, 3.63) is 60.4 Å². The first kappa shape index (κ1) is 18.5. The van der Waals surface area contributed by atoms with Crippen molar-refractivity contribution in [1.29, 1.82) is 0 Å². The molecule has 8 heteroatoms. The van der Waals surface area contributed by atoms with Gasteiger partial charge in [0.1, 0.15) is 0 Å². The van der Waals surface area contributed by atoms with Crippen molar-refractivity contribution in [3.63, 3.8) is 0 Å². The lowest BCUT2D eigenvalue weighted by atomic mass is 9.62. The van der Waals surface area contributed by atoms with Crippen molar-refractivity contribution in [2.75, 3.05) is 5.73 Å². The van der Waals surface area contributed by atoms with Crippen molar-refractivity contribution in [3.8, 4) is 22.6 Å². The van der Waals surface area contributed by atoms with Gasteiger partial charge in [-0.25, -0.2) is 9.97 Å². The van der Waals surface area contributed by atoms with Crippen LogP contribution in [-0.4, -0.2) is 29.9 Å². The van der Waals surface area contributed by atoms with E-state index in [4.69, 9.17) is 15.2 Å². The molecule has 1 saturated carbocycles. The van der Waals surface area contributed by atoms with Crippen LogP contribution in [0.4, 0.5) is 5.95 Å². The minimum atomic E-state index is -0.321. The smallest absolute Gasteiger partial charge is 0.261 e. The van der Waals surface area contributed by atoms with Crippen LogP contribution >= 0.6 is 0 Å². The summed E-state index contributed by atoms with van der Waals surface area (Å²) < 4.78 is 7.34. The Morgan fingerprint density at radius 3 is 2.37 bits per heavy atom. The van der Waals surface area contributed by atoms with E-state index in [1.54, 1.807) is 23.3 Å². The van der Waals surface area contributed by atoms with Crippen LogP contribution < -0.4 is 5.73 Å². The Bertz CT molecular complexity index is 1160. The molecule has 0 aliphatic heterocycles. The summed E-state index contributed by atoms with van der Waals surface area (Å²) in [5, 5.41) is 8.59. The maximum atomic E-state index is 5.61. The highest BCUT2D eigenvalue weighted by atomic mass is 16.5. The van der Waals surface area contributed by atoms with Crippen LogP contribution in [0, 0.1) is 5.92 Å². The molecule has 0 saturated heterocycles. The second kappa shape index (κ2) is 7.05. The fraction of sp³-hybridized carbons (Fsp3) is 0.318. The molecular formula is C22H23N7O. The Kier molecular flexibility index (Phi) is 4.34. The molecule has 2 N–H and O–H groups in total. The summed E-state index contributed by atoms with van der Waals surface area (Å²) in [6.45, 7) is 2.22. The molecule has 4 aromatic rings. The van der Waals surface area contributed by atoms with Crippen molar-refractivity contribution in [2.45, 2.75) is 31.6 Å². The largest absolute Gasteiger partial charge is 0.368 e. The number of nitrogens with zero attached hydrogens (tertiary/aromatic N) is 6. The molecule has 5 rings (SSSR count). The lowest BCUT2D eigenvalue weighted by Gasteiger charge is -2.41. The fourth-order valence-electron chi connectivity index (χ4n) is 4.11. The maximum absolute atomic E-state index is 5.61. The number of aryl methyl sites for hydroxylation is 1. The molecule has 0 unspecified atom stereocenters. The third-order valence-electron chi connectivity index (χ3n) is 6.25. The van der Waals surface area contributed by atoms with E-state index in [1.807, 2.05) is 13.2 Å². The van der Waals surface area contributed by atoms with Gasteiger partial charge < -0.3 is 10.3 Å². The van der Waals surface area contributed by atoms with Gasteiger partial charge >= 0.3 is 0 Å². The molecule has 152 valence electrons. The van der Waals surface area contributed by atoms with E-state index in [0.29, 0.717) is 11.8 Å². The number of nitrogens with two attached hydrogens (primary N) is 1. The highest BCUT2D eigenvalue weighted by molar-refractivity contribution is 5.62. The summed E-state index contributed by atoms with van der Waals surface area (Å²) in [4.78, 5) is 12.9. The van der Waals surface area contributed by atoms with E-state index in [0.717, 1.165) is 35.4 Å². The lowest BCUT2D eigenvalue weighted by Crippen LogP contribution is -2.38. The van der Waals surface area contributed by atoms with Gasteiger partial charge in [-0.3, -0.25) is 4.68 Å². The second-order valence-electron chi connectivity index (χ2n) is 8.06. The molecule has 3 heterocycles. The number of hydrogen-bond acceptors (Lipinski definition) is 7. The van der Waals surface area contributed by atoms with Crippen LogP contribution in [0.1, 0.15) is 37.6 Å². The van der Waals surface area contributed by atoms with Crippen molar-refractivity contribution in [2.24, 2.45) is 13.0 Å². The molecule has 1 aliphatic carbocycles. The van der Waals surface area contributed by atoms with Crippen molar-refractivity contribution >= 4 is 5.95 Å². The molecule has 0 spiro atoms. The van der Waals surface area contributed by atoms with E-state index in [9.17, 15) is 0 Å². The van der Waals surface area contributed by atoms with E-state index in [2.05, 4.69) is 51.4 Å². The third kappa shape index (κ3) is 3.04. The molecule has 1 aromatic carbocycles. The van der Waals surface area contributed by atoms with Gasteiger partial charge in [0.25, 0.3) is 5.89 Å².